The first-order valence-electron chi connectivity index (χ1n) is 7.33. The Balaban J connectivity index is 0.00000338. The fourth-order valence-corrected chi connectivity index (χ4v) is 2.26. The van der Waals surface area contributed by atoms with E-state index in [9.17, 15) is 19.8 Å². The number of esters is 1. The first-order chi connectivity index (χ1) is 11.7. The smallest absolute Gasteiger partial charge is 0.351 e. The van der Waals surface area contributed by atoms with Gasteiger partial charge in [0.2, 0.25) is 5.72 Å². The number of nitrogen functional groups attached to an aromatic ring is 1. The maximum Gasteiger partial charge on any atom is 0.351 e. The normalized spacial score (nSPS) is 27.5. The van der Waals surface area contributed by atoms with Crippen molar-refractivity contribution in [2.45, 2.75) is 38.0 Å². The third-order valence-corrected chi connectivity index (χ3v) is 3.63. The number of hydrogen-bond donors (Lipinski definition) is 3. The van der Waals surface area contributed by atoms with Crippen molar-refractivity contribution in [3.05, 3.63) is 33.2 Å². The van der Waals surface area contributed by atoms with Crippen molar-refractivity contribution in [3.8, 4) is 0 Å². The molecule has 1 fully saturated rings. The first kappa shape index (κ1) is 21.7. The molecule has 0 spiro atoms. The van der Waals surface area contributed by atoms with Crippen LogP contribution in [-0.2, 0) is 14.3 Å². The van der Waals surface area contributed by atoms with Crippen LogP contribution in [0.3, 0.4) is 0 Å². The molecule has 2 rings (SSSR count). The Hall–Kier alpha value is -2.37. The standard InChI is InChI=1S/C13H18N6O6.ClH/c1-6(2)11(22)24-5-13(17-18-15)9(21)8(20)10(25-13)19-4-3-7(14)16-12(19)23;/h3-4,6,8-10,20-21H,5H2,1-2H3,(H2,14,16,23);1H/t8-,9+,10-,13-;/m1./s1. The zero-order valence-corrected chi connectivity index (χ0v) is 14.7. The number of nitrogens with two attached hydrogens (primary N) is 1. The summed E-state index contributed by atoms with van der Waals surface area (Å²) >= 11 is 0. The van der Waals surface area contributed by atoms with Gasteiger partial charge in [-0.3, -0.25) is 9.36 Å². The second kappa shape index (κ2) is 8.34. The molecule has 2 heterocycles. The Bertz CT molecular complexity index is 766. The van der Waals surface area contributed by atoms with Crippen molar-refractivity contribution >= 4 is 24.2 Å². The Morgan fingerprint density at radius 3 is 2.81 bits per heavy atom. The van der Waals surface area contributed by atoms with E-state index in [1.54, 1.807) is 13.8 Å². The molecule has 1 aliphatic heterocycles. The van der Waals surface area contributed by atoms with E-state index in [2.05, 4.69) is 15.0 Å². The van der Waals surface area contributed by atoms with E-state index < -0.39 is 48.3 Å². The van der Waals surface area contributed by atoms with Crippen molar-refractivity contribution < 1.29 is 24.5 Å². The van der Waals surface area contributed by atoms with Gasteiger partial charge in [-0.15, -0.1) is 12.4 Å². The molecule has 0 bridgehead atoms. The molecule has 4 atom stereocenters. The number of aliphatic hydroxyl groups is 2. The summed E-state index contributed by atoms with van der Waals surface area (Å²) in [5.74, 6) is -1.12. The predicted molar refractivity (Wildman–Crippen MR) is 90.0 cm³/mol. The average Bonchev–Trinajstić information content (AvgIpc) is 2.78. The highest BCUT2D eigenvalue weighted by Gasteiger charge is 2.56. The number of carbonyl (C=O) groups excluding carboxylic acids is 1. The third-order valence-electron chi connectivity index (χ3n) is 3.63. The number of rotatable bonds is 5. The first-order valence-corrected chi connectivity index (χ1v) is 7.33. The maximum absolute atomic E-state index is 11.9. The quantitative estimate of drug-likeness (QED) is 0.264. The number of nitrogens with zero attached hydrogens (tertiary/aromatic N) is 5. The van der Waals surface area contributed by atoms with Crippen molar-refractivity contribution in [2.24, 2.45) is 11.0 Å². The molecule has 13 heteroatoms. The Morgan fingerprint density at radius 1 is 1.62 bits per heavy atom. The number of halogens is 1. The molecule has 0 amide bonds. The molecule has 0 saturated carbocycles. The molecule has 26 heavy (non-hydrogen) atoms. The second-order valence-corrected chi connectivity index (χ2v) is 5.78. The van der Waals surface area contributed by atoms with Gasteiger partial charge in [0.15, 0.2) is 6.23 Å². The van der Waals surface area contributed by atoms with Gasteiger partial charge in [-0.2, -0.15) is 4.98 Å². The second-order valence-electron chi connectivity index (χ2n) is 5.78. The van der Waals surface area contributed by atoms with Crippen LogP contribution in [0.15, 0.2) is 22.2 Å². The van der Waals surface area contributed by atoms with Crippen molar-refractivity contribution in [2.75, 3.05) is 12.3 Å². The molecule has 1 saturated heterocycles. The lowest BCUT2D eigenvalue weighted by Gasteiger charge is -2.26. The van der Waals surface area contributed by atoms with Crippen molar-refractivity contribution in [1.82, 2.24) is 9.55 Å². The minimum absolute atomic E-state index is 0. The summed E-state index contributed by atoms with van der Waals surface area (Å²) in [7, 11) is 0. The molecule has 1 aliphatic rings. The van der Waals surface area contributed by atoms with E-state index in [1.807, 2.05) is 0 Å². The summed E-state index contributed by atoms with van der Waals surface area (Å²) in [6, 6.07) is 1.29. The minimum atomic E-state index is -2.09. The van der Waals surface area contributed by atoms with Gasteiger partial charge >= 0.3 is 11.7 Å². The van der Waals surface area contributed by atoms with Crippen LogP contribution < -0.4 is 11.4 Å². The SMILES string of the molecule is CC(C)C(=O)OC[C@@]1(N=[N+]=[N-])O[C@@H](n2ccc(N)nc2=O)[C@H](O)[C@@H]1O.Cl. The monoisotopic (exact) mass is 390 g/mol. The molecule has 4 N–H and O–H groups in total. The van der Waals surface area contributed by atoms with Gasteiger partial charge < -0.3 is 25.4 Å². The lowest BCUT2D eigenvalue weighted by Crippen LogP contribution is -2.45. The van der Waals surface area contributed by atoms with Gasteiger partial charge in [0, 0.05) is 11.1 Å². The van der Waals surface area contributed by atoms with E-state index in [4.69, 9.17) is 20.7 Å². The van der Waals surface area contributed by atoms with Crippen LogP contribution in [0.1, 0.15) is 20.1 Å². The zero-order chi connectivity index (χ0) is 18.8. The summed E-state index contributed by atoms with van der Waals surface area (Å²) in [6.45, 7) is 2.54. The van der Waals surface area contributed by atoms with Gasteiger partial charge in [0.25, 0.3) is 0 Å². The van der Waals surface area contributed by atoms with Crippen LogP contribution in [0, 0.1) is 5.92 Å². The Morgan fingerprint density at radius 2 is 2.27 bits per heavy atom. The lowest BCUT2D eigenvalue weighted by molar-refractivity contribution is -0.168. The minimum Gasteiger partial charge on any atom is -0.462 e. The van der Waals surface area contributed by atoms with Crippen molar-refractivity contribution in [3.63, 3.8) is 0 Å². The molecule has 0 unspecified atom stereocenters. The molecule has 0 radical (unpaired) electrons. The molecule has 144 valence electrons. The van der Waals surface area contributed by atoms with Crippen molar-refractivity contribution in [1.29, 1.82) is 0 Å². The van der Waals surface area contributed by atoms with Crippen LogP contribution in [-0.4, -0.2) is 50.3 Å². The summed E-state index contributed by atoms with van der Waals surface area (Å²) in [4.78, 5) is 29.6. The van der Waals surface area contributed by atoms with Gasteiger partial charge in [0.1, 0.15) is 24.6 Å². The van der Waals surface area contributed by atoms with Gasteiger partial charge in [-0.25, -0.2) is 4.79 Å². The number of aliphatic hydroxyl groups excluding tert-OH is 2. The number of aromatic nitrogens is 2. The highest BCUT2D eigenvalue weighted by Crippen LogP contribution is 2.38. The van der Waals surface area contributed by atoms with E-state index in [1.165, 1.54) is 12.3 Å². The van der Waals surface area contributed by atoms with Gasteiger partial charge in [-0.05, 0) is 11.6 Å². The number of ether oxygens (including phenoxy) is 2. The number of carbonyl (C=O) groups is 1. The molecule has 0 aliphatic carbocycles. The fourth-order valence-electron chi connectivity index (χ4n) is 2.26. The zero-order valence-electron chi connectivity index (χ0n) is 13.9. The van der Waals surface area contributed by atoms with E-state index in [0.717, 1.165) is 4.57 Å². The number of anilines is 1. The Labute approximate surface area is 153 Å². The molecule has 1 aromatic heterocycles. The average molecular weight is 391 g/mol. The molecule has 1 aromatic rings. The topological polar surface area (TPSA) is 186 Å². The van der Waals surface area contributed by atoms with Crippen LogP contribution in [0.25, 0.3) is 10.4 Å². The van der Waals surface area contributed by atoms with Gasteiger partial charge in [0.05, 0.1) is 5.92 Å². The summed E-state index contributed by atoms with van der Waals surface area (Å²) in [5, 5.41) is 23.9. The molecular weight excluding hydrogens is 372 g/mol. The van der Waals surface area contributed by atoms with Crippen LogP contribution >= 0.6 is 12.4 Å². The number of hydrogen-bond acceptors (Lipinski definition) is 9. The van der Waals surface area contributed by atoms with Crippen LogP contribution in [0.5, 0.6) is 0 Å². The summed E-state index contributed by atoms with van der Waals surface area (Å²) in [6.07, 6.45) is -3.61. The maximum atomic E-state index is 11.9. The predicted octanol–water partition coefficient (Wildman–Crippen LogP) is -0.296. The van der Waals surface area contributed by atoms with E-state index in [-0.39, 0.29) is 18.2 Å². The van der Waals surface area contributed by atoms with Gasteiger partial charge in [-0.1, -0.05) is 19.0 Å². The van der Waals surface area contributed by atoms with Crippen LogP contribution in [0.4, 0.5) is 5.82 Å². The highest BCUT2D eigenvalue weighted by atomic mass is 35.5. The van der Waals surface area contributed by atoms with E-state index >= 15 is 0 Å². The highest BCUT2D eigenvalue weighted by molar-refractivity contribution is 5.85. The largest absolute Gasteiger partial charge is 0.462 e. The van der Waals surface area contributed by atoms with E-state index in [0.29, 0.717) is 0 Å². The Kier molecular flexibility index (Phi) is 6.95. The summed E-state index contributed by atoms with van der Waals surface area (Å²) < 4.78 is 11.3. The molecular formula is C13H19ClN6O6. The third kappa shape index (κ3) is 4.06. The summed E-state index contributed by atoms with van der Waals surface area (Å²) in [5.41, 5.74) is 11.2. The number of azide groups is 1. The van der Waals surface area contributed by atoms with Crippen LogP contribution in [0.2, 0.25) is 0 Å². The molecule has 0 aromatic carbocycles. The lowest BCUT2D eigenvalue weighted by atomic mass is 10.1. The fraction of sp³-hybridized carbons (Fsp3) is 0.615. The molecule has 12 nitrogen and oxygen atoms in total.